The van der Waals surface area contributed by atoms with Crippen molar-refractivity contribution in [3.05, 3.63) is 77.6 Å². The monoisotopic (exact) mass is 373 g/mol. The van der Waals surface area contributed by atoms with Gasteiger partial charge in [-0.15, -0.1) is 0 Å². The summed E-state index contributed by atoms with van der Waals surface area (Å²) in [7, 11) is 0. The number of nitrogens with two attached hydrogens (primary N) is 2. The highest BCUT2D eigenvalue weighted by Gasteiger charge is 2.08. The number of nitrogen functional groups attached to an aromatic ring is 1. The summed E-state index contributed by atoms with van der Waals surface area (Å²) in [6.45, 7) is 2.17. The van der Waals surface area contributed by atoms with Gasteiger partial charge >= 0.3 is 0 Å². The van der Waals surface area contributed by atoms with Crippen LogP contribution in [0.3, 0.4) is 0 Å². The van der Waals surface area contributed by atoms with Crippen molar-refractivity contribution in [1.82, 2.24) is 9.78 Å². The number of benzene rings is 2. The fourth-order valence-electron chi connectivity index (χ4n) is 2.94. The van der Waals surface area contributed by atoms with Crippen molar-refractivity contribution in [3.63, 3.8) is 0 Å². The highest BCUT2D eigenvalue weighted by Crippen LogP contribution is 2.23. The van der Waals surface area contributed by atoms with Crippen LogP contribution in [0.15, 0.2) is 60.9 Å². The van der Waals surface area contributed by atoms with Crippen molar-refractivity contribution in [2.24, 2.45) is 5.73 Å². The second-order valence-electron chi connectivity index (χ2n) is 6.30. The number of nitrogens with one attached hydrogen (secondary N) is 3. The van der Waals surface area contributed by atoms with E-state index < -0.39 is 0 Å². The predicted octanol–water partition coefficient (Wildman–Crippen LogP) is 3.19. The minimum absolute atomic E-state index is 0.209. The molecule has 0 radical (unpaired) electrons. The molecule has 0 spiro atoms. The maximum Gasteiger partial charge on any atom is 0.122 e. The number of nitrogens with zero attached hydrogens (tertiary/aromatic N) is 2. The second kappa shape index (κ2) is 8.32. The summed E-state index contributed by atoms with van der Waals surface area (Å²) in [4.78, 5) is 0. The summed E-state index contributed by atoms with van der Waals surface area (Å²) in [5.74, 6) is 0.209. The molecule has 2 aromatic carbocycles. The van der Waals surface area contributed by atoms with Gasteiger partial charge in [-0.2, -0.15) is 5.10 Å². The van der Waals surface area contributed by atoms with E-state index in [4.69, 9.17) is 22.3 Å². The molecule has 0 saturated heterocycles. The van der Waals surface area contributed by atoms with Gasteiger partial charge in [0.2, 0.25) is 0 Å². The Hall–Kier alpha value is -3.71. The van der Waals surface area contributed by atoms with Crippen LogP contribution in [0.25, 0.3) is 11.3 Å². The van der Waals surface area contributed by atoms with Gasteiger partial charge in [0, 0.05) is 42.1 Å². The van der Waals surface area contributed by atoms with E-state index in [2.05, 4.69) is 10.4 Å². The Balaban J connectivity index is 1.81. The van der Waals surface area contributed by atoms with E-state index in [0.29, 0.717) is 17.8 Å². The quantitative estimate of drug-likeness (QED) is 0.258. The van der Waals surface area contributed by atoms with E-state index >= 15 is 0 Å². The SMILES string of the molecule is Cc1c(NC(=N)/C=C(\CN)c2ccc(-n3cccn3)cc2)ccc(N)c1C=N. The minimum Gasteiger partial charge on any atom is -0.398 e. The highest BCUT2D eigenvalue weighted by molar-refractivity contribution is 6.07. The van der Waals surface area contributed by atoms with Crippen molar-refractivity contribution in [3.8, 4) is 5.69 Å². The molecule has 0 aliphatic heterocycles. The van der Waals surface area contributed by atoms with E-state index in [1.54, 1.807) is 29.1 Å². The molecule has 0 aliphatic carbocycles. The molecule has 0 unspecified atom stereocenters. The first-order valence-corrected chi connectivity index (χ1v) is 8.79. The van der Waals surface area contributed by atoms with Gasteiger partial charge in [0.15, 0.2) is 0 Å². The van der Waals surface area contributed by atoms with E-state index in [1.165, 1.54) is 6.21 Å². The summed E-state index contributed by atoms with van der Waals surface area (Å²) in [5, 5.41) is 23.1. The first-order chi connectivity index (χ1) is 13.5. The number of rotatable bonds is 6. The smallest absolute Gasteiger partial charge is 0.122 e. The molecule has 1 aromatic heterocycles. The Bertz CT molecular complexity index is 1020. The normalized spacial score (nSPS) is 11.3. The molecule has 0 fully saturated rings. The number of aromatic nitrogens is 2. The fraction of sp³-hybridized carbons (Fsp3) is 0.0952. The summed E-state index contributed by atoms with van der Waals surface area (Å²) >= 11 is 0. The van der Waals surface area contributed by atoms with Crippen LogP contribution in [0.4, 0.5) is 11.4 Å². The van der Waals surface area contributed by atoms with Gasteiger partial charge in [-0.1, -0.05) is 12.1 Å². The van der Waals surface area contributed by atoms with E-state index in [1.807, 2.05) is 43.5 Å². The number of amidine groups is 1. The predicted molar refractivity (Wildman–Crippen MR) is 115 cm³/mol. The molecule has 3 aromatic rings. The van der Waals surface area contributed by atoms with Crippen LogP contribution in [0, 0.1) is 17.7 Å². The third kappa shape index (κ3) is 3.99. The summed E-state index contributed by atoms with van der Waals surface area (Å²) in [6, 6.07) is 13.3. The second-order valence-corrected chi connectivity index (χ2v) is 6.30. The lowest BCUT2D eigenvalue weighted by Gasteiger charge is -2.13. The average molecular weight is 373 g/mol. The molecular weight excluding hydrogens is 350 g/mol. The molecule has 28 heavy (non-hydrogen) atoms. The molecule has 142 valence electrons. The average Bonchev–Trinajstić information content (AvgIpc) is 3.24. The number of hydrogen-bond acceptors (Lipinski definition) is 5. The summed E-state index contributed by atoms with van der Waals surface area (Å²) in [5.41, 5.74) is 17.3. The number of hydrogen-bond donors (Lipinski definition) is 5. The summed E-state index contributed by atoms with van der Waals surface area (Å²) in [6.07, 6.45) is 6.55. The zero-order valence-electron chi connectivity index (χ0n) is 15.6. The molecule has 0 aliphatic rings. The number of anilines is 2. The Morgan fingerprint density at radius 3 is 2.57 bits per heavy atom. The van der Waals surface area contributed by atoms with Crippen LogP contribution in [-0.2, 0) is 0 Å². The largest absolute Gasteiger partial charge is 0.398 e. The van der Waals surface area contributed by atoms with Crippen LogP contribution < -0.4 is 16.8 Å². The van der Waals surface area contributed by atoms with Gasteiger partial charge < -0.3 is 22.2 Å². The molecule has 1 heterocycles. The zero-order chi connectivity index (χ0) is 20.1. The third-order valence-electron chi connectivity index (χ3n) is 4.51. The maximum absolute atomic E-state index is 8.30. The van der Waals surface area contributed by atoms with Crippen molar-refractivity contribution in [2.45, 2.75) is 6.92 Å². The highest BCUT2D eigenvalue weighted by atomic mass is 15.3. The van der Waals surface area contributed by atoms with Crippen LogP contribution in [0.2, 0.25) is 0 Å². The van der Waals surface area contributed by atoms with Gasteiger partial charge in [0.25, 0.3) is 0 Å². The molecular formula is C21H23N7. The van der Waals surface area contributed by atoms with Gasteiger partial charge in [0.05, 0.1) is 5.69 Å². The molecule has 7 heteroatoms. The van der Waals surface area contributed by atoms with Gasteiger partial charge in [-0.05, 0) is 60.0 Å². The van der Waals surface area contributed by atoms with E-state index in [0.717, 1.165) is 28.1 Å². The lowest BCUT2D eigenvalue weighted by atomic mass is 10.0. The fourth-order valence-corrected chi connectivity index (χ4v) is 2.94. The van der Waals surface area contributed by atoms with Crippen molar-refractivity contribution >= 4 is 29.0 Å². The lowest BCUT2D eigenvalue weighted by molar-refractivity contribution is 0.880. The molecule has 7 N–H and O–H groups in total. The molecule has 0 amide bonds. The Labute approximate surface area is 163 Å². The van der Waals surface area contributed by atoms with Gasteiger partial charge in [0.1, 0.15) is 5.84 Å². The zero-order valence-corrected chi connectivity index (χ0v) is 15.6. The first kappa shape index (κ1) is 19.1. The lowest BCUT2D eigenvalue weighted by Crippen LogP contribution is -2.13. The van der Waals surface area contributed by atoms with Crippen molar-refractivity contribution in [1.29, 1.82) is 10.8 Å². The van der Waals surface area contributed by atoms with Crippen LogP contribution in [0.5, 0.6) is 0 Å². The van der Waals surface area contributed by atoms with E-state index in [9.17, 15) is 0 Å². The minimum atomic E-state index is 0.209. The van der Waals surface area contributed by atoms with Crippen LogP contribution in [0.1, 0.15) is 16.7 Å². The Morgan fingerprint density at radius 1 is 1.21 bits per heavy atom. The Kier molecular flexibility index (Phi) is 5.67. The first-order valence-electron chi connectivity index (χ1n) is 8.79. The van der Waals surface area contributed by atoms with Gasteiger partial charge in [-0.3, -0.25) is 5.41 Å². The van der Waals surface area contributed by atoms with Crippen molar-refractivity contribution < 1.29 is 0 Å². The maximum atomic E-state index is 8.30. The van der Waals surface area contributed by atoms with E-state index in [-0.39, 0.29) is 5.84 Å². The molecule has 7 nitrogen and oxygen atoms in total. The molecule has 3 rings (SSSR count). The standard InChI is InChI=1S/C21H23N7/c1-14-18(13-23)19(24)7-8-20(14)27-21(25)11-16(12-22)15-3-5-17(6-4-15)28-10-2-9-26-28/h2-11,13,23H,12,22,24H2,1H3,(H2,25,27)/b16-11+,23-13?. The Morgan fingerprint density at radius 2 is 1.96 bits per heavy atom. The third-order valence-corrected chi connectivity index (χ3v) is 4.51. The topological polar surface area (TPSA) is 130 Å². The van der Waals surface area contributed by atoms with Crippen molar-refractivity contribution in [2.75, 3.05) is 17.6 Å². The van der Waals surface area contributed by atoms with Crippen LogP contribution in [-0.4, -0.2) is 28.4 Å². The van der Waals surface area contributed by atoms with Gasteiger partial charge in [-0.25, -0.2) is 4.68 Å². The summed E-state index contributed by atoms with van der Waals surface area (Å²) < 4.78 is 1.78. The molecule has 0 bridgehead atoms. The molecule has 0 atom stereocenters. The van der Waals surface area contributed by atoms with Crippen LogP contribution >= 0.6 is 0 Å². The molecule has 0 saturated carbocycles.